The van der Waals surface area contributed by atoms with Gasteiger partial charge in [0, 0.05) is 12.3 Å². The van der Waals surface area contributed by atoms with Crippen LogP contribution < -0.4 is 0 Å². The largest absolute Gasteiger partial charge is 0.299 e. The molecule has 2 aliphatic rings. The summed E-state index contributed by atoms with van der Waals surface area (Å²) in [5.74, 6) is 1.05. The Balaban J connectivity index is 2.07. The van der Waals surface area contributed by atoms with Crippen molar-refractivity contribution in [3.8, 4) is 0 Å². The smallest absolute Gasteiger partial charge is 0.150 e. The van der Waals surface area contributed by atoms with Gasteiger partial charge < -0.3 is 0 Å². The first-order chi connectivity index (χ1) is 6.08. The van der Waals surface area contributed by atoms with Gasteiger partial charge in [-0.2, -0.15) is 0 Å². The Kier molecular flexibility index (Phi) is 2.18. The average Bonchev–Trinajstić information content (AvgIpc) is 2.56. The van der Waals surface area contributed by atoms with Crippen LogP contribution in [0.3, 0.4) is 0 Å². The number of ketones is 1. The molecule has 3 nitrogen and oxygen atoms in total. The third-order valence-electron chi connectivity index (χ3n) is 3.19. The maximum absolute atomic E-state index is 11.4. The molecule has 0 N–H and O–H groups in total. The molecule has 0 aromatic rings. The van der Waals surface area contributed by atoms with Crippen LogP contribution in [-0.2, 0) is 14.6 Å². The van der Waals surface area contributed by atoms with Crippen LogP contribution in [0.25, 0.3) is 0 Å². The molecule has 1 saturated heterocycles. The zero-order chi connectivity index (χ0) is 9.47. The maximum Gasteiger partial charge on any atom is 0.150 e. The molecule has 0 radical (unpaired) electrons. The fraction of sp³-hybridized carbons (Fsp3) is 0.889. The molecule has 2 rings (SSSR count). The topological polar surface area (TPSA) is 51.2 Å². The van der Waals surface area contributed by atoms with Gasteiger partial charge >= 0.3 is 0 Å². The summed E-state index contributed by atoms with van der Waals surface area (Å²) in [4.78, 5) is 11.4. The van der Waals surface area contributed by atoms with Crippen LogP contribution in [0.5, 0.6) is 0 Å². The fourth-order valence-electron chi connectivity index (χ4n) is 2.48. The molecule has 4 heteroatoms. The van der Waals surface area contributed by atoms with Gasteiger partial charge in [0.25, 0.3) is 0 Å². The zero-order valence-corrected chi connectivity index (χ0v) is 8.35. The van der Waals surface area contributed by atoms with Crippen LogP contribution in [0.4, 0.5) is 0 Å². The van der Waals surface area contributed by atoms with Crippen molar-refractivity contribution in [3.05, 3.63) is 0 Å². The molecule has 2 atom stereocenters. The van der Waals surface area contributed by atoms with E-state index in [4.69, 9.17) is 0 Å². The highest BCUT2D eigenvalue weighted by Gasteiger charge is 2.38. The zero-order valence-electron chi connectivity index (χ0n) is 7.53. The Bertz CT molecular complexity index is 318. The molecule has 74 valence electrons. The van der Waals surface area contributed by atoms with Gasteiger partial charge in [0.15, 0.2) is 9.84 Å². The van der Waals surface area contributed by atoms with Crippen molar-refractivity contribution in [2.45, 2.75) is 25.7 Å². The van der Waals surface area contributed by atoms with Crippen molar-refractivity contribution in [1.29, 1.82) is 0 Å². The number of carbonyl (C=O) groups excluding carboxylic acids is 1. The van der Waals surface area contributed by atoms with E-state index in [2.05, 4.69) is 0 Å². The minimum absolute atomic E-state index is 0.0669. The summed E-state index contributed by atoms with van der Waals surface area (Å²) < 4.78 is 22.4. The summed E-state index contributed by atoms with van der Waals surface area (Å²) in [6.45, 7) is 0. The van der Waals surface area contributed by atoms with E-state index >= 15 is 0 Å². The Morgan fingerprint density at radius 3 is 2.46 bits per heavy atom. The normalized spacial score (nSPS) is 38.3. The SMILES string of the molecule is O=C1CCCC1C1CCS(=O)(=O)C1. The predicted molar refractivity (Wildman–Crippen MR) is 49.1 cm³/mol. The summed E-state index contributed by atoms with van der Waals surface area (Å²) in [7, 11) is -2.81. The van der Waals surface area contributed by atoms with Gasteiger partial charge in [0.1, 0.15) is 5.78 Å². The Morgan fingerprint density at radius 1 is 1.23 bits per heavy atom. The van der Waals surface area contributed by atoms with Crippen LogP contribution in [0, 0.1) is 11.8 Å². The highest BCUT2D eigenvalue weighted by Crippen LogP contribution is 2.34. The quantitative estimate of drug-likeness (QED) is 0.631. The minimum atomic E-state index is -2.81. The van der Waals surface area contributed by atoms with Gasteiger partial charge in [0.2, 0.25) is 0 Å². The van der Waals surface area contributed by atoms with Crippen molar-refractivity contribution < 1.29 is 13.2 Å². The lowest BCUT2D eigenvalue weighted by molar-refractivity contribution is -0.121. The van der Waals surface area contributed by atoms with Gasteiger partial charge in [-0.05, 0) is 25.2 Å². The molecule has 13 heavy (non-hydrogen) atoms. The van der Waals surface area contributed by atoms with Crippen molar-refractivity contribution in [1.82, 2.24) is 0 Å². The first-order valence-corrected chi connectivity index (χ1v) is 6.64. The number of carbonyl (C=O) groups is 1. The van der Waals surface area contributed by atoms with Gasteiger partial charge in [-0.25, -0.2) is 8.42 Å². The minimum Gasteiger partial charge on any atom is -0.299 e. The van der Waals surface area contributed by atoms with E-state index in [1.165, 1.54) is 0 Å². The highest BCUT2D eigenvalue weighted by atomic mass is 32.2. The number of hydrogen-bond acceptors (Lipinski definition) is 3. The number of hydrogen-bond donors (Lipinski definition) is 0. The van der Waals surface area contributed by atoms with Gasteiger partial charge in [-0.3, -0.25) is 4.79 Å². The average molecular weight is 202 g/mol. The van der Waals surface area contributed by atoms with Crippen molar-refractivity contribution in [3.63, 3.8) is 0 Å². The third kappa shape index (κ3) is 1.77. The fourth-order valence-corrected chi connectivity index (χ4v) is 4.36. The van der Waals surface area contributed by atoms with E-state index in [1.807, 2.05) is 0 Å². The van der Waals surface area contributed by atoms with E-state index in [-0.39, 0.29) is 17.6 Å². The standard InChI is InChI=1S/C9H14O3S/c10-9-3-1-2-8(9)7-4-5-13(11,12)6-7/h7-8H,1-6H2. The van der Waals surface area contributed by atoms with E-state index < -0.39 is 9.84 Å². The van der Waals surface area contributed by atoms with Crippen LogP contribution in [0.1, 0.15) is 25.7 Å². The predicted octanol–water partition coefficient (Wildman–Crippen LogP) is 0.790. The Morgan fingerprint density at radius 2 is 2.00 bits per heavy atom. The van der Waals surface area contributed by atoms with E-state index in [1.54, 1.807) is 0 Å². The first kappa shape index (κ1) is 9.19. The second kappa shape index (κ2) is 3.08. The molecule has 0 aromatic carbocycles. The highest BCUT2D eigenvalue weighted by molar-refractivity contribution is 7.91. The lowest BCUT2D eigenvalue weighted by atomic mass is 9.90. The monoisotopic (exact) mass is 202 g/mol. The summed E-state index contributed by atoms with van der Waals surface area (Å²) >= 11 is 0. The van der Waals surface area contributed by atoms with Gasteiger partial charge in [-0.1, -0.05) is 0 Å². The summed E-state index contributed by atoms with van der Waals surface area (Å²) in [5, 5.41) is 0. The van der Waals surface area contributed by atoms with E-state index in [0.717, 1.165) is 12.8 Å². The van der Waals surface area contributed by atoms with E-state index in [9.17, 15) is 13.2 Å². The third-order valence-corrected chi connectivity index (χ3v) is 4.98. The molecule has 0 bridgehead atoms. The Labute approximate surface area is 78.4 Å². The number of rotatable bonds is 1. The summed E-state index contributed by atoms with van der Waals surface area (Å²) in [6, 6.07) is 0. The molecule has 1 saturated carbocycles. The molecule has 0 spiro atoms. The molecule has 2 unspecified atom stereocenters. The molecule has 1 heterocycles. The van der Waals surface area contributed by atoms with Crippen molar-refractivity contribution in [2.75, 3.05) is 11.5 Å². The van der Waals surface area contributed by atoms with Crippen LogP contribution in [-0.4, -0.2) is 25.7 Å². The van der Waals surface area contributed by atoms with E-state index in [0.29, 0.717) is 24.4 Å². The second-order valence-corrected chi connectivity index (χ2v) is 6.36. The van der Waals surface area contributed by atoms with Gasteiger partial charge in [-0.15, -0.1) is 0 Å². The van der Waals surface area contributed by atoms with Crippen molar-refractivity contribution >= 4 is 15.6 Å². The lowest BCUT2D eigenvalue weighted by Gasteiger charge is -2.13. The molecule has 1 aliphatic heterocycles. The summed E-state index contributed by atoms with van der Waals surface area (Å²) in [6.07, 6.45) is 3.25. The molecule has 0 amide bonds. The van der Waals surface area contributed by atoms with Crippen LogP contribution in [0.2, 0.25) is 0 Å². The second-order valence-electron chi connectivity index (χ2n) is 4.13. The lowest BCUT2D eigenvalue weighted by Crippen LogP contribution is -2.19. The van der Waals surface area contributed by atoms with Crippen LogP contribution >= 0.6 is 0 Å². The molecule has 1 aliphatic carbocycles. The van der Waals surface area contributed by atoms with Crippen molar-refractivity contribution in [2.24, 2.45) is 11.8 Å². The molecular formula is C9H14O3S. The van der Waals surface area contributed by atoms with Gasteiger partial charge in [0.05, 0.1) is 11.5 Å². The number of Topliss-reactive ketones (excluding diaryl/α,β-unsaturated/α-hetero) is 1. The summed E-state index contributed by atoms with van der Waals surface area (Å²) in [5.41, 5.74) is 0. The van der Waals surface area contributed by atoms with Crippen LogP contribution in [0.15, 0.2) is 0 Å². The number of sulfone groups is 1. The molecular weight excluding hydrogens is 188 g/mol. The maximum atomic E-state index is 11.4. The first-order valence-electron chi connectivity index (χ1n) is 4.82. The Hall–Kier alpha value is -0.380. The molecule has 2 fully saturated rings. The molecule has 0 aromatic heterocycles.